The summed E-state index contributed by atoms with van der Waals surface area (Å²) >= 11 is 0. The first-order chi connectivity index (χ1) is 14.3. The number of allylic oxidation sites excluding steroid dienone is 1. The topological polar surface area (TPSA) is 44.8 Å². The van der Waals surface area contributed by atoms with Crippen LogP contribution in [0.25, 0.3) is 6.08 Å². The molecule has 0 saturated carbocycles. The van der Waals surface area contributed by atoms with Crippen molar-refractivity contribution >= 4 is 11.9 Å². The van der Waals surface area contributed by atoms with Crippen LogP contribution in [-0.2, 0) is 5.41 Å². The highest BCUT2D eigenvalue weighted by atomic mass is 16.5. The molecule has 2 aromatic carbocycles. The van der Waals surface area contributed by atoms with Gasteiger partial charge in [0.05, 0.1) is 13.2 Å². The lowest BCUT2D eigenvalue weighted by Crippen LogP contribution is -2.16. The molecule has 0 aromatic heterocycles. The molecule has 2 rings (SSSR count). The first-order valence-electron chi connectivity index (χ1n) is 10.3. The number of hydrogen-bond acceptors (Lipinski definition) is 4. The molecule has 0 unspecified atom stereocenters. The summed E-state index contributed by atoms with van der Waals surface area (Å²) in [4.78, 5) is 12.6. The largest absolute Gasteiger partial charge is 0.493 e. The Morgan fingerprint density at radius 1 is 0.967 bits per heavy atom. The minimum absolute atomic E-state index is 0.0823. The van der Waals surface area contributed by atoms with Crippen molar-refractivity contribution in [3.05, 3.63) is 71.8 Å². The lowest BCUT2D eigenvalue weighted by molar-refractivity contribution is 0.104. The van der Waals surface area contributed by atoms with Crippen molar-refractivity contribution < 1.29 is 19.0 Å². The molecule has 0 heterocycles. The van der Waals surface area contributed by atoms with Gasteiger partial charge in [-0.25, -0.2) is 0 Å². The maximum absolute atomic E-state index is 12.6. The normalized spacial score (nSPS) is 11.4. The van der Waals surface area contributed by atoms with E-state index < -0.39 is 0 Å². The summed E-state index contributed by atoms with van der Waals surface area (Å²) in [6, 6.07) is 11.0. The second-order valence-electron chi connectivity index (χ2n) is 7.83. The van der Waals surface area contributed by atoms with Crippen LogP contribution in [0.4, 0.5) is 0 Å². The Bertz CT molecular complexity index is 859. The van der Waals surface area contributed by atoms with Gasteiger partial charge in [0, 0.05) is 11.1 Å². The molecule has 0 aliphatic heterocycles. The molecule has 2 aromatic rings. The van der Waals surface area contributed by atoms with E-state index in [1.54, 1.807) is 42.5 Å². The number of benzene rings is 2. The standard InChI is InChI=1S/C26H32O4/c1-7-16-30-21-13-11-20(12-14-21)22(27)15-10-19-17-23(28-8-2)25(26(4,5)6)24(18-19)29-9-3/h7,10-15,17-18H,1,8-9,16H2,2-6H3/b15-10+. The molecule has 0 aliphatic rings. The van der Waals surface area contributed by atoms with Crippen molar-refractivity contribution in [3.63, 3.8) is 0 Å². The van der Waals surface area contributed by atoms with Gasteiger partial charge >= 0.3 is 0 Å². The average Bonchev–Trinajstić information content (AvgIpc) is 2.70. The van der Waals surface area contributed by atoms with E-state index in [1.165, 1.54) is 0 Å². The zero-order chi connectivity index (χ0) is 22.1. The van der Waals surface area contributed by atoms with Crippen molar-refractivity contribution in [3.8, 4) is 17.2 Å². The fourth-order valence-electron chi connectivity index (χ4n) is 3.12. The van der Waals surface area contributed by atoms with Crippen LogP contribution in [0.1, 0.15) is 56.1 Å². The SMILES string of the molecule is C=CCOc1ccc(C(=O)/C=C/c2cc(OCC)c(C(C)(C)C)c(OCC)c2)cc1. The summed E-state index contributed by atoms with van der Waals surface area (Å²) in [6.07, 6.45) is 5.04. The third kappa shape index (κ3) is 6.24. The van der Waals surface area contributed by atoms with Crippen LogP contribution in [0.15, 0.2) is 55.1 Å². The predicted molar refractivity (Wildman–Crippen MR) is 123 cm³/mol. The fraction of sp³-hybridized carbons (Fsp3) is 0.346. The van der Waals surface area contributed by atoms with Crippen molar-refractivity contribution in [1.82, 2.24) is 0 Å². The Hall–Kier alpha value is -3.01. The van der Waals surface area contributed by atoms with Crippen LogP contribution < -0.4 is 14.2 Å². The van der Waals surface area contributed by atoms with E-state index in [9.17, 15) is 4.79 Å². The monoisotopic (exact) mass is 408 g/mol. The molecule has 0 N–H and O–H groups in total. The number of carbonyl (C=O) groups is 1. The maximum atomic E-state index is 12.6. The molecular formula is C26H32O4. The van der Waals surface area contributed by atoms with E-state index in [4.69, 9.17) is 14.2 Å². The van der Waals surface area contributed by atoms with E-state index in [-0.39, 0.29) is 11.2 Å². The molecule has 0 bridgehead atoms. The van der Waals surface area contributed by atoms with E-state index in [1.807, 2.05) is 26.0 Å². The number of ketones is 1. The van der Waals surface area contributed by atoms with Gasteiger partial charge in [-0.3, -0.25) is 4.79 Å². The third-order valence-corrected chi connectivity index (χ3v) is 4.37. The van der Waals surface area contributed by atoms with Crippen LogP contribution in [0.3, 0.4) is 0 Å². The van der Waals surface area contributed by atoms with Crippen LogP contribution in [0.5, 0.6) is 17.2 Å². The minimum Gasteiger partial charge on any atom is -0.493 e. The molecule has 0 aliphatic carbocycles. The number of hydrogen-bond donors (Lipinski definition) is 0. The van der Waals surface area contributed by atoms with Crippen molar-refractivity contribution in [2.24, 2.45) is 0 Å². The van der Waals surface area contributed by atoms with Crippen molar-refractivity contribution in [2.75, 3.05) is 19.8 Å². The highest BCUT2D eigenvalue weighted by molar-refractivity contribution is 6.06. The summed E-state index contributed by atoms with van der Waals surface area (Å²) in [7, 11) is 0. The summed E-state index contributed by atoms with van der Waals surface area (Å²) in [5.74, 6) is 2.19. The van der Waals surface area contributed by atoms with E-state index in [0.29, 0.717) is 31.1 Å². The Morgan fingerprint density at radius 3 is 2.00 bits per heavy atom. The Kier molecular flexibility index (Phi) is 8.28. The maximum Gasteiger partial charge on any atom is 0.185 e. The molecule has 4 nitrogen and oxygen atoms in total. The third-order valence-electron chi connectivity index (χ3n) is 4.37. The predicted octanol–water partition coefficient (Wildman–Crippen LogP) is 6.24. The highest BCUT2D eigenvalue weighted by Gasteiger charge is 2.25. The van der Waals surface area contributed by atoms with E-state index in [2.05, 4.69) is 27.4 Å². The molecule has 0 saturated heterocycles. The van der Waals surface area contributed by atoms with Gasteiger partial charge in [-0.1, -0.05) is 39.5 Å². The average molecular weight is 409 g/mol. The van der Waals surface area contributed by atoms with Gasteiger partial charge in [0.2, 0.25) is 0 Å². The van der Waals surface area contributed by atoms with Gasteiger partial charge < -0.3 is 14.2 Å². The molecule has 0 spiro atoms. The van der Waals surface area contributed by atoms with Gasteiger partial charge in [-0.05, 0) is 67.3 Å². The number of carbonyl (C=O) groups excluding carboxylic acids is 1. The minimum atomic E-state index is -0.136. The molecular weight excluding hydrogens is 376 g/mol. The van der Waals surface area contributed by atoms with Crippen LogP contribution in [-0.4, -0.2) is 25.6 Å². The molecule has 160 valence electrons. The van der Waals surface area contributed by atoms with E-state index >= 15 is 0 Å². The second-order valence-corrected chi connectivity index (χ2v) is 7.83. The first kappa shape index (κ1) is 23.3. The van der Waals surface area contributed by atoms with Gasteiger partial charge in [0.25, 0.3) is 0 Å². The van der Waals surface area contributed by atoms with Gasteiger partial charge in [0.15, 0.2) is 5.78 Å². The van der Waals surface area contributed by atoms with Crippen LogP contribution >= 0.6 is 0 Å². The summed E-state index contributed by atoms with van der Waals surface area (Å²) < 4.78 is 17.3. The molecule has 0 fully saturated rings. The van der Waals surface area contributed by atoms with Gasteiger partial charge in [0.1, 0.15) is 23.9 Å². The molecule has 30 heavy (non-hydrogen) atoms. The first-order valence-corrected chi connectivity index (χ1v) is 10.3. The smallest absolute Gasteiger partial charge is 0.185 e. The van der Waals surface area contributed by atoms with Crippen LogP contribution in [0, 0.1) is 0 Å². The van der Waals surface area contributed by atoms with Crippen LogP contribution in [0.2, 0.25) is 0 Å². The lowest BCUT2D eigenvalue weighted by Gasteiger charge is -2.26. The Labute approximate surface area is 180 Å². The second kappa shape index (κ2) is 10.7. The summed E-state index contributed by atoms with van der Waals surface area (Å²) in [5, 5.41) is 0. The zero-order valence-corrected chi connectivity index (χ0v) is 18.7. The zero-order valence-electron chi connectivity index (χ0n) is 18.7. The summed E-state index contributed by atoms with van der Waals surface area (Å²) in [5.41, 5.74) is 2.35. The molecule has 0 amide bonds. The summed E-state index contributed by atoms with van der Waals surface area (Å²) in [6.45, 7) is 15.5. The Morgan fingerprint density at radius 2 is 1.53 bits per heavy atom. The highest BCUT2D eigenvalue weighted by Crippen LogP contribution is 2.40. The molecule has 0 radical (unpaired) electrons. The molecule has 4 heteroatoms. The quantitative estimate of drug-likeness (QED) is 0.265. The van der Waals surface area contributed by atoms with Gasteiger partial charge in [-0.2, -0.15) is 0 Å². The lowest BCUT2D eigenvalue weighted by atomic mass is 9.84. The van der Waals surface area contributed by atoms with Crippen molar-refractivity contribution in [2.45, 2.75) is 40.0 Å². The fourth-order valence-corrected chi connectivity index (χ4v) is 3.12. The molecule has 0 atom stereocenters. The van der Waals surface area contributed by atoms with Crippen molar-refractivity contribution in [1.29, 1.82) is 0 Å². The van der Waals surface area contributed by atoms with E-state index in [0.717, 1.165) is 22.6 Å². The number of ether oxygens (including phenoxy) is 3. The van der Waals surface area contributed by atoms with Gasteiger partial charge in [-0.15, -0.1) is 0 Å². The number of rotatable bonds is 10. The Balaban J connectivity index is 2.31.